The average molecular weight is 552 g/mol. The molecule has 0 aliphatic carbocycles. The second-order valence-corrected chi connectivity index (χ2v) is 12.3. The fourth-order valence-corrected chi connectivity index (χ4v) is 7.96. The second kappa shape index (κ2) is 10.7. The zero-order valence-electron chi connectivity index (χ0n) is 22.3. The molecule has 1 aromatic carbocycles. The Morgan fingerprint density at radius 3 is 2.36 bits per heavy atom. The Bertz CT molecular complexity index is 1240. The summed E-state index contributed by atoms with van der Waals surface area (Å²) in [7, 11) is 1.87. The molecule has 0 saturated carbocycles. The van der Waals surface area contributed by atoms with E-state index in [-0.39, 0.29) is 46.6 Å². The van der Waals surface area contributed by atoms with Gasteiger partial charge in [-0.2, -0.15) is 0 Å². The molecule has 3 aliphatic heterocycles. The van der Waals surface area contributed by atoms with E-state index in [1.54, 1.807) is 11.8 Å². The summed E-state index contributed by atoms with van der Waals surface area (Å²) in [6.45, 7) is 1.58. The molecule has 4 atom stereocenters. The fraction of sp³-hybridized carbons (Fsp3) is 0.481. The van der Waals surface area contributed by atoms with Gasteiger partial charge in [0.2, 0.25) is 0 Å². The van der Waals surface area contributed by atoms with Crippen molar-refractivity contribution in [2.75, 3.05) is 18.6 Å². The number of likely N-dealkylation sites (N-methyl/N-ethyl adjacent to an activating group) is 1. The van der Waals surface area contributed by atoms with Crippen molar-refractivity contribution in [3.05, 3.63) is 60.2 Å². The van der Waals surface area contributed by atoms with E-state index < -0.39 is 36.5 Å². The van der Waals surface area contributed by atoms with E-state index in [0.717, 1.165) is 5.56 Å². The summed E-state index contributed by atoms with van der Waals surface area (Å²) in [6, 6.07) is 7.53. The second-order valence-electron chi connectivity index (χ2n) is 11.3. The van der Waals surface area contributed by atoms with Gasteiger partial charge in [0.05, 0.1) is 23.7 Å². The lowest BCUT2D eigenvalue weighted by Crippen LogP contribution is -2.71. The Hall–Kier alpha value is -3.25. The molecule has 39 heavy (non-hydrogen) atoms. The Morgan fingerprint density at radius 2 is 1.77 bits per heavy atom. The summed E-state index contributed by atoms with van der Waals surface area (Å²) < 4.78 is 12.2. The van der Waals surface area contributed by atoms with Crippen molar-refractivity contribution in [1.29, 1.82) is 0 Å². The van der Waals surface area contributed by atoms with Crippen molar-refractivity contribution in [2.24, 2.45) is 5.92 Å². The smallest absolute Gasteiger partial charge is 0.587 e. The topological polar surface area (TPSA) is 125 Å². The predicted molar refractivity (Wildman–Crippen MR) is 145 cm³/mol. The maximum absolute atomic E-state index is 14.0. The molecule has 3 fully saturated rings. The molecule has 1 aromatic heterocycles. The Morgan fingerprint density at radius 1 is 1.10 bits per heavy atom. The number of thioether (sulfide) groups is 1. The highest BCUT2D eigenvalue weighted by atomic mass is 32.2. The first-order chi connectivity index (χ1) is 18.7. The number of ketones is 1. The highest BCUT2D eigenvalue weighted by molar-refractivity contribution is 7.99. The Balaban J connectivity index is 1.46. The van der Waals surface area contributed by atoms with Crippen LogP contribution in [0.3, 0.4) is 0 Å². The zero-order chi connectivity index (χ0) is 27.8. The van der Waals surface area contributed by atoms with Gasteiger partial charge in [0, 0.05) is 19.4 Å². The van der Waals surface area contributed by atoms with Crippen LogP contribution >= 0.6 is 11.8 Å². The minimum Gasteiger partial charge on any atom is -0.600 e. The lowest BCUT2D eigenvalue weighted by molar-refractivity contribution is -0.840. The molecule has 3 saturated heterocycles. The maximum Gasteiger partial charge on any atom is 0.587 e. The molecule has 10 nitrogen and oxygen atoms in total. The first-order valence-corrected chi connectivity index (χ1v) is 14.5. The number of nitrogens with zero attached hydrogens (tertiary/aromatic N) is 3. The molecule has 2 aromatic rings. The molecule has 12 heteroatoms. The summed E-state index contributed by atoms with van der Waals surface area (Å²) in [5, 5.41) is 2.85. The number of benzene rings is 1. The number of Topliss-reactive ketones (excluding diaryl/α,β-unsaturated/α-hetero) is 1. The quantitative estimate of drug-likeness (QED) is 0.442. The Kier molecular flexibility index (Phi) is 7.52. The van der Waals surface area contributed by atoms with E-state index in [1.165, 1.54) is 18.6 Å². The van der Waals surface area contributed by atoms with Gasteiger partial charge in [-0.3, -0.25) is 14.6 Å². The highest BCUT2D eigenvalue weighted by Crippen LogP contribution is 2.53. The molecule has 0 unspecified atom stereocenters. The minimum atomic E-state index is -2.47. The summed E-state index contributed by atoms with van der Waals surface area (Å²) in [5.74, 6) is -0.788. The van der Waals surface area contributed by atoms with Crippen LogP contribution < -0.4 is 5.32 Å². The molecule has 206 valence electrons. The van der Waals surface area contributed by atoms with E-state index in [0.29, 0.717) is 17.9 Å². The van der Waals surface area contributed by atoms with Crippen LogP contribution in [0.2, 0.25) is 5.82 Å². The van der Waals surface area contributed by atoms with E-state index in [4.69, 9.17) is 9.31 Å². The molecular weight excluding hydrogens is 519 g/mol. The fourth-order valence-electron chi connectivity index (χ4n) is 6.46. The monoisotopic (exact) mass is 552 g/mol. The first-order valence-electron chi connectivity index (χ1n) is 13.3. The van der Waals surface area contributed by atoms with Crippen LogP contribution in [0.25, 0.3) is 0 Å². The standard InChI is InChI=1S/C27H33BN4O6S/c1-17(2)11-19(28-32(3)22(26(35)37-28)15-39-16-23(32)27(36)38-28)13-24(33)20(12-18-7-5-4-6-8-18)31-25(34)21-14-29-9-10-30-21/h4-10,14,17,19-20,22-23H,11-13,15-16H2,1-3H3,(H,31,34)/t19-,20+,22+,23+,28?,32?/m1/s1. The molecule has 1 amide bonds. The zero-order valence-corrected chi connectivity index (χ0v) is 23.1. The van der Waals surface area contributed by atoms with Crippen LogP contribution in [-0.2, 0) is 30.1 Å². The van der Waals surface area contributed by atoms with Crippen molar-refractivity contribution in [2.45, 2.75) is 57.1 Å². The third-order valence-electron chi connectivity index (χ3n) is 8.39. The Labute approximate surface area is 231 Å². The number of hydrogen-bond acceptors (Lipinski definition) is 9. The van der Waals surface area contributed by atoms with Gasteiger partial charge < -0.3 is 19.0 Å². The molecular formula is C27H33BN4O6S. The summed E-state index contributed by atoms with van der Waals surface area (Å²) >= 11 is 1.55. The van der Waals surface area contributed by atoms with Crippen molar-refractivity contribution in [3.8, 4) is 0 Å². The molecule has 4 heterocycles. The van der Waals surface area contributed by atoms with Crippen LogP contribution in [0.4, 0.5) is 0 Å². The van der Waals surface area contributed by atoms with Crippen LogP contribution in [0, 0.1) is 5.92 Å². The van der Waals surface area contributed by atoms with E-state index in [1.807, 2.05) is 51.2 Å². The summed E-state index contributed by atoms with van der Waals surface area (Å²) in [4.78, 5) is 61.2. The number of quaternary nitrogens is 1. The van der Waals surface area contributed by atoms with Gasteiger partial charge >= 0.3 is 18.6 Å². The molecule has 5 rings (SSSR count). The van der Waals surface area contributed by atoms with E-state index in [2.05, 4.69) is 15.3 Å². The SMILES string of the molecule is CC(C)C[C@H](CC(=O)[C@H](Cc1ccccc1)NC(=O)c1cnccn1)[B-]12OC(=O)[C@@H]3CSC[C@@H](C(=O)O1)[N+]32C. The largest absolute Gasteiger partial charge is 0.600 e. The predicted octanol–water partition coefficient (Wildman–Crippen LogP) is 2.18. The third-order valence-corrected chi connectivity index (χ3v) is 9.49. The average Bonchev–Trinajstić information content (AvgIpc) is 3.28. The minimum absolute atomic E-state index is 0.0165. The first kappa shape index (κ1) is 27.3. The highest BCUT2D eigenvalue weighted by Gasteiger charge is 2.76. The number of rotatable bonds is 10. The summed E-state index contributed by atoms with van der Waals surface area (Å²) in [6.07, 6.45) is 5.00. The normalized spacial score (nSPS) is 28.8. The van der Waals surface area contributed by atoms with Gasteiger partial charge in [-0.05, 0) is 30.1 Å². The van der Waals surface area contributed by atoms with Crippen LogP contribution in [0.5, 0.6) is 0 Å². The van der Waals surface area contributed by atoms with E-state index >= 15 is 0 Å². The lowest BCUT2D eigenvalue weighted by Gasteiger charge is -2.51. The van der Waals surface area contributed by atoms with Gasteiger partial charge in [0.25, 0.3) is 5.91 Å². The number of aromatic nitrogens is 2. The van der Waals surface area contributed by atoms with Crippen molar-refractivity contribution >= 4 is 42.1 Å². The third kappa shape index (κ3) is 4.84. The molecule has 0 bridgehead atoms. The number of nitrogens with one attached hydrogen (secondary N) is 1. The van der Waals surface area contributed by atoms with Crippen LogP contribution in [0.1, 0.15) is 42.7 Å². The van der Waals surface area contributed by atoms with Gasteiger partial charge in [0.1, 0.15) is 5.69 Å². The lowest BCUT2D eigenvalue weighted by atomic mass is 9.51. The number of carbonyl (C=O) groups is 4. The van der Waals surface area contributed by atoms with Gasteiger partial charge in [-0.25, -0.2) is 14.6 Å². The van der Waals surface area contributed by atoms with Gasteiger partial charge in [0.15, 0.2) is 17.9 Å². The molecule has 0 spiro atoms. The molecule has 0 radical (unpaired) electrons. The number of carbonyl (C=O) groups excluding carboxylic acids is 4. The van der Waals surface area contributed by atoms with Gasteiger partial charge in [-0.1, -0.05) is 50.6 Å². The number of amides is 1. The van der Waals surface area contributed by atoms with Crippen LogP contribution in [-0.4, -0.2) is 81.4 Å². The van der Waals surface area contributed by atoms with E-state index in [9.17, 15) is 19.2 Å². The van der Waals surface area contributed by atoms with Crippen molar-refractivity contribution in [1.82, 2.24) is 15.3 Å². The van der Waals surface area contributed by atoms with Crippen molar-refractivity contribution < 1.29 is 32.9 Å². The maximum atomic E-state index is 14.0. The number of hydrogen-bond donors (Lipinski definition) is 1. The summed E-state index contributed by atoms with van der Waals surface area (Å²) in [5.41, 5.74) is 0.986. The van der Waals surface area contributed by atoms with Gasteiger partial charge in [-0.15, -0.1) is 11.8 Å². The van der Waals surface area contributed by atoms with Crippen LogP contribution in [0.15, 0.2) is 48.9 Å². The van der Waals surface area contributed by atoms with Crippen molar-refractivity contribution in [3.63, 3.8) is 0 Å². The molecule has 1 N–H and O–H groups in total. The molecule has 3 aliphatic rings.